The first-order valence-electron chi connectivity index (χ1n) is 9.42. The van der Waals surface area contributed by atoms with E-state index in [2.05, 4.69) is 10.2 Å². The third kappa shape index (κ3) is 3.51. The van der Waals surface area contributed by atoms with Gasteiger partial charge in [0.05, 0.1) is 30.6 Å². The van der Waals surface area contributed by atoms with Crippen molar-refractivity contribution in [1.82, 2.24) is 15.1 Å². The zero-order valence-corrected chi connectivity index (χ0v) is 14.8. The lowest BCUT2D eigenvalue weighted by molar-refractivity contribution is -0.0229. The van der Waals surface area contributed by atoms with E-state index in [4.69, 9.17) is 4.74 Å². The minimum atomic E-state index is -0.270. The predicted molar refractivity (Wildman–Crippen MR) is 95.4 cm³/mol. The van der Waals surface area contributed by atoms with Crippen molar-refractivity contribution in [1.29, 1.82) is 0 Å². The lowest BCUT2D eigenvalue weighted by Crippen LogP contribution is -2.42. The Hall–Kier alpha value is -2.21. The van der Waals surface area contributed by atoms with Gasteiger partial charge in [-0.15, -0.1) is 0 Å². The quantitative estimate of drug-likeness (QED) is 0.909. The summed E-state index contributed by atoms with van der Waals surface area (Å²) >= 11 is 0. The van der Waals surface area contributed by atoms with Crippen LogP contribution in [0, 0.1) is 5.82 Å². The molecule has 1 aromatic carbocycles. The van der Waals surface area contributed by atoms with Gasteiger partial charge in [-0.2, -0.15) is 5.10 Å². The molecule has 2 aliphatic rings. The summed E-state index contributed by atoms with van der Waals surface area (Å²) in [6.07, 6.45) is 7.36. The van der Waals surface area contributed by atoms with Crippen molar-refractivity contribution in [3.05, 3.63) is 53.1 Å². The molecule has 1 aliphatic heterocycles. The molecular formula is C20H24FN3O2. The summed E-state index contributed by atoms with van der Waals surface area (Å²) in [6.45, 7) is 1.51. The van der Waals surface area contributed by atoms with Gasteiger partial charge in [0.2, 0.25) is 0 Å². The van der Waals surface area contributed by atoms with Crippen LogP contribution in [0.4, 0.5) is 4.39 Å². The number of aromatic nitrogens is 2. The number of aromatic amines is 1. The molecule has 0 bridgehead atoms. The highest BCUT2D eigenvalue weighted by molar-refractivity contribution is 5.95. The second kappa shape index (κ2) is 7.58. The molecule has 2 fully saturated rings. The Bertz CT molecular complexity index is 753. The summed E-state index contributed by atoms with van der Waals surface area (Å²) in [5, 5.41) is 7.23. The second-order valence-electron chi connectivity index (χ2n) is 7.19. The zero-order valence-electron chi connectivity index (χ0n) is 14.8. The predicted octanol–water partition coefficient (Wildman–Crippen LogP) is 3.81. The molecule has 26 heavy (non-hydrogen) atoms. The number of benzene rings is 1. The van der Waals surface area contributed by atoms with Gasteiger partial charge in [-0.1, -0.05) is 31.4 Å². The van der Waals surface area contributed by atoms with Crippen molar-refractivity contribution < 1.29 is 13.9 Å². The summed E-state index contributed by atoms with van der Waals surface area (Å²) in [6, 6.07) is 6.30. The molecule has 4 rings (SSSR count). The largest absolute Gasteiger partial charge is 0.370 e. The SMILES string of the molecule is O=C(c1cn[nH]c1C1CCCCC1)N1CCO[C@@H](c2ccc(F)cc2)C1. The Labute approximate surface area is 152 Å². The topological polar surface area (TPSA) is 58.2 Å². The van der Waals surface area contributed by atoms with E-state index >= 15 is 0 Å². The number of rotatable bonds is 3. The molecule has 1 amide bonds. The molecule has 1 aliphatic carbocycles. The van der Waals surface area contributed by atoms with Crippen LogP contribution in [0.2, 0.25) is 0 Å². The molecule has 1 saturated heterocycles. The average Bonchev–Trinajstić information content (AvgIpc) is 3.18. The van der Waals surface area contributed by atoms with Gasteiger partial charge in [-0.25, -0.2) is 4.39 Å². The number of halogens is 1. The molecule has 0 spiro atoms. The van der Waals surface area contributed by atoms with Gasteiger partial charge in [0, 0.05) is 12.5 Å². The van der Waals surface area contributed by atoms with Gasteiger partial charge in [-0.3, -0.25) is 9.89 Å². The number of amides is 1. The van der Waals surface area contributed by atoms with E-state index in [1.165, 1.54) is 31.4 Å². The maximum absolute atomic E-state index is 13.2. The van der Waals surface area contributed by atoms with Gasteiger partial charge < -0.3 is 9.64 Å². The van der Waals surface area contributed by atoms with Crippen LogP contribution >= 0.6 is 0 Å². The van der Waals surface area contributed by atoms with Crippen molar-refractivity contribution in [3.8, 4) is 0 Å². The Balaban J connectivity index is 1.49. The fourth-order valence-corrected chi connectivity index (χ4v) is 4.05. The number of morpholine rings is 1. The first-order chi connectivity index (χ1) is 12.7. The first kappa shape index (κ1) is 17.2. The Morgan fingerprint density at radius 3 is 2.73 bits per heavy atom. The van der Waals surface area contributed by atoms with Gasteiger partial charge in [0.1, 0.15) is 11.9 Å². The number of hydrogen-bond donors (Lipinski definition) is 1. The van der Waals surface area contributed by atoms with Gasteiger partial charge in [0.25, 0.3) is 5.91 Å². The standard InChI is InChI=1S/C20H24FN3O2/c21-16-8-6-14(7-9-16)18-13-24(10-11-26-18)20(25)17-12-22-23-19(17)15-4-2-1-3-5-15/h6-9,12,15,18H,1-5,10-11,13H2,(H,22,23)/t18-/m1/s1. The number of carbonyl (C=O) groups excluding carboxylic acids is 1. The summed E-state index contributed by atoms with van der Waals surface area (Å²) in [7, 11) is 0. The molecule has 1 saturated carbocycles. The molecule has 1 aromatic heterocycles. The van der Waals surface area contributed by atoms with E-state index in [1.807, 2.05) is 4.90 Å². The normalized spacial score (nSPS) is 21.7. The van der Waals surface area contributed by atoms with Crippen molar-refractivity contribution in [2.75, 3.05) is 19.7 Å². The maximum atomic E-state index is 13.2. The van der Waals surface area contributed by atoms with Gasteiger partial charge in [0.15, 0.2) is 0 Å². The van der Waals surface area contributed by atoms with Crippen molar-refractivity contribution >= 4 is 5.91 Å². The molecule has 1 N–H and O–H groups in total. The zero-order chi connectivity index (χ0) is 17.9. The molecule has 0 unspecified atom stereocenters. The van der Waals surface area contributed by atoms with E-state index < -0.39 is 0 Å². The lowest BCUT2D eigenvalue weighted by atomic mass is 9.85. The number of H-pyrrole nitrogens is 1. The molecule has 2 aromatic rings. The molecule has 0 radical (unpaired) electrons. The third-order valence-corrected chi connectivity index (χ3v) is 5.51. The molecule has 5 nitrogen and oxygen atoms in total. The van der Waals surface area contributed by atoms with Crippen LogP contribution in [0.5, 0.6) is 0 Å². The summed E-state index contributed by atoms with van der Waals surface area (Å²) in [5.74, 6) is 0.141. The fourth-order valence-electron chi connectivity index (χ4n) is 4.05. The molecular weight excluding hydrogens is 333 g/mol. The average molecular weight is 357 g/mol. The van der Waals surface area contributed by atoms with Crippen LogP contribution in [0.15, 0.2) is 30.5 Å². The van der Waals surface area contributed by atoms with Crippen LogP contribution in [-0.2, 0) is 4.74 Å². The molecule has 6 heteroatoms. The number of carbonyl (C=O) groups is 1. The number of nitrogens with zero attached hydrogens (tertiary/aromatic N) is 2. The number of hydrogen-bond acceptors (Lipinski definition) is 3. The van der Waals surface area contributed by atoms with Crippen molar-refractivity contribution in [2.24, 2.45) is 0 Å². The Morgan fingerprint density at radius 2 is 1.96 bits per heavy atom. The van der Waals surface area contributed by atoms with Crippen LogP contribution < -0.4 is 0 Å². The van der Waals surface area contributed by atoms with Crippen LogP contribution in [0.25, 0.3) is 0 Å². The van der Waals surface area contributed by atoms with Crippen molar-refractivity contribution in [2.45, 2.75) is 44.1 Å². The first-order valence-corrected chi connectivity index (χ1v) is 9.42. The number of ether oxygens (including phenoxy) is 1. The number of nitrogens with one attached hydrogen (secondary N) is 1. The maximum Gasteiger partial charge on any atom is 0.257 e. The Kier molecular flexibility index (Phi) is 5.02. The van der Waals surface area contributed by atoms with E-state index in [9.17, 15) is 9.18 Å². The highest BCUT2D eigenvalue weighted by Crippen LogP contribution is 2.34. The van der Waals surface area contributed by atoms with E-state index in [0.717, 1.165) is 24.1 Å². The second-order valence-corrected chi connectivity index (χ2v) is 7.19. The molecule has 138 valence electrons. The smallest absolute Gasteiger partial charge is 0.257 e. The van der Waals surface area contributed by atoms with E-state index in [0.29, 0.717) is 31.2 Å². The lowest BCUT2D eigenvalue weighted by Gasteiger charge is -2.33. The van der Waals surface area contributed by atoms with Crippen LogP contribution in [0.1, 0.15) is 65.7 Å². The van der Waals surface area contributed by atoms with Gasteiger partial charge in [-0.05, 0) is 30.5 Å². The van der Waals surface area contributed by atoms with Crippen LogP contribution in [0.3, 0.4) is 0 Å². The summed E-state index contributed by atoms with van der Waals surface area (Å²) < 4.78 is 19.0. The summed E-state index contributed by atoms with van der Waals surface area (Å²) in [5.41, 5.74) is 2.57. The summed E-state index contributed by atoms with van der Waals surface area (Å²) in [4.78, 5) is 14.9. The minimum absolute atomic E-state index is 0.00901. The Morgan fingerprint density at radius 1 is 1.19 bits per heavy atom. The highest BCUT2D eigenvalue weighted by atomic mass is 19.1. The monoisotopic (exact) mass is 357 g/mol. The van der Waals surface area contributed by atoms with E-state index in [-0.39, 0.29) is 17.8 Å². The fraction of sp³-hybridized carbons (Fsp3) is 0.500. The van der Waals surface area contributed by atoms with Gasteiger partial charge >= 0.3 is 0 Å². The third-order valence-electron chi connectivity index (χ3n) is 5.51. The minimum Gasteiger partial charge on any atom is -0.370 e. The molecule has 2 heterocycles. The highest BCUT2D eigenvalue weighted by Gasteiger charge is 2.30. The van der Waals surface area contributed by atoms with Crippen LogP contribution in [-0.4, -0.2) is 40.7 Å². The van der Waals surface area contributed by atoms with E-state index in [1.54, 1.807) is 18.3 Å². The van der Waals surface area contributed by atoms with Crippen molar-refractivity contribution in [3.63, 3.8) is 0 Å². The molecule has 1 atom stereocenters.